The number of rotatable bonds is 6. The zero-order valence-electron chi connectivity index (χ0n) is 16.7. The smallest absolute Gasteiger partial charge is 0.341 e. The van der Waals surface area contributed by atoms with Crippen LogP contribution in [0.1, 0.15) is 34.1 Å². The fourth-order valence-electron chi connectivity index (χ4n) is 3.38. The number of nitrogens with one attached hydrogen (secondary N) is 1. The topological polar surface area (TPSA) is 92.8 Å². The van der Waals surface area contributed by atoms with Crippen molar-refractivity contribution in [2.45, 2.75) is 13.3 Å². The second-order valence-corrected chi connectivity index (χ2v) is 10.6. The Morgan fingerprint density at radius 2 is 2.03 bits per heavy atom. The molecule has 1 N–H and O–H groups in total. The Hall–Kier alpha value is -2.69. The van der Waals surface area contributed by atoms with Gasteiger partial charge >= 0.3 is 5.97 Å². The molecule has 1 aromatic carbocycles. The molecular weight excluding hydrogens is 456 g/mol. The number of nitrogens with zero attached hydrogens (tertiary/aromatic N) is 1. The lowest BCUT2D eigenvalue weighted by atomic mass is 10.1. The highest BCUT2D eigenvalue weighted by Crippen LogP contribution is 2.38. The Labute approximate surface area is 188 Å². The van der Waals surface area contributed by atoms with Gasteiger partial charge in [-0.3, -0.25) is 9.10 Å². The molecule has 10 heteroatoms. The molecule has 0 bridgehead atoms. The fourth-order valence-corrected chi connectivity index (χ4v) is 6.70. The lowest BCUT2D eigenvalue weighted by Gasteiger charge is -2.17. The number of carbonyl (C=O) groups excluding carboxylic acids is 2. The van der Waals surface area contributed by atoms with Crippen LogP contribution in [-0.2, 0) is 14.8 Å². The molecule has 1 aliphatic rings. The zero-order valence-corrected chi connectivity index (χ0v) is 19.1. The van der Waals surface area contributed by atoms with Crippen LogP contribution in [-0.4, -0.2) is 39.2 Å². The number of amides is 1. The van der Waals surface area contributed by atoms with Crippen LogP contribution in [0.3, 0.4) is 0 Å². The van der Waals surface area contributed by atoms with Crippen molar-refractivity contribution in [2.24, 2.45) is 0 Å². The van der Waals surface area contributed by atoms with Gasteiger partial charge in [0.2, 0.25) is 10.0 Å². The molecule has 2 aromatic heterocycles. The van der Waals surface area contributed by atoms with Crippen LogP contribution in [0.15, 0.2) is 47.2 Å². The average Bonchev–Trinajstić information content (AvgIpc) is 3.47. The number of esters is 1. The predicted octanol–water partition coefficient (Wildman–Crippen LogP) is 4.45. The lowest BCUT2D eigenvalue weighted by Crippen LogP contribution is -2.25. The predicted molar refractivity (Wildman–Crippen MR) is 124 cm³/mol. The Kier molecular flexibility index (Phi) is 6.12. The zero-order chi connectivity index (χ0) is 22.0. The largest absolute Gasteiger partial charge is 0.462 e. The van der Waals surface area contributed by atoms with Crippen molar-refractivity contribution in [1.29, 1.82) is 0 Å². The Balaban J connectivity index is 1.63. The molecule has 0 saturated carbocycles. The molecule has 1 aliphatic heterocycles. The molecule has 31 heavy (non-hydrogen) atoms. The molecule has 7 nitrogen and oxygen atoms in total. The van der Waals surface area contributed by atoms with Crippen LogP contribution in [0.5, 0.6) is 0 Å². The summed E-state index contributed by atoms with van der Waals surface area (Å²) in [5, 5.41) is 6.93. The Bertz CT molecular complexity index is 1220. The molecule has 1 saturated heterocycles. The fraction of sp³-hybridized carbons (Fsp3) is 0.238. The normalized spacial score (nSPS) is 15.1. The maximum Gasteiger partial charge on any atom is 0.341 e. The van der Waals surface area contributed by atoms with Gasteiger partial charge in [-0.1, -0.05) is 12.1 Å². The maximum absolute atomic E-state index is 12.9. The summed E-state index contributed by atoms with van der Waals surface area (Å²) < 4.78 is 31.0. The highest BCUT2D eigenvalue weighted by Gasteiger charge is 2.29. The van der Waals surface area contributed by atoms with Gasteiger partial charge in [0.25, 0.3) is 5.91 Å². The minimum atomic E-state index is -3.34. The summed E-state index contributed by atoms with van der Waals surface area (Å²) in [7, 11) is -3.34. The van der Waals surface area contributed by atoms with Crippen molar-refractivity contribution in [2.75, 3.05) is 28.5 Å². The van der Waals surface area contributed by atoms with Gasteiger partial charge in [0.05, 0.1) is 18.0 Å². The standard InChI is InChI=1S/C21H20N2O5S3/c1-2-28-21(25)18-16(17-8-4-10-29-17)13-30-20(18)22-19(24)14-6-3-7-15(12-14)23-9-5-11-31(23,26)27/h3-4,6-8,10,12-13H,2,5,9,11H2,1H3,(H,22,24). The second kappa shape index (κ2) is 8.81. The third kappa shape index (κ3) is 4.36. The molecule has 4 rings (SSSR count). The maximum atomic E-state index is 12.9. The number of hydrogen-bond acceptors (Lipinski definition) is 7. The first-order valence-electron chi connectivity index (χ1n) is 9.65. The molecule has 3 aromatic rings. The van der Waals surface area contributed by atoms with E-state index in [4.69, 9.17) is 4.74 Å². The summed E-state index contributed by atoms with van der Waals surface area (Å²) in [4.78, 5) is 26.5. The Morgan fingerprint density at radius 3 is 2.71 bits per heavy atom. The summed E-state index contributed by atoms with van der Waals surface area (Å²) in [6, 6.07) is 10.3. The summed E-state index contributed by atoms with van der Waals surface area (Å²) in [5.41, 5.74) is 1.80. The second-order valence-electron chi connectivity index (χ2n) is 6.80. The van der Waals surface area contributed by atoms with E-state index in [9.17, 15) is 18.0 Å². The monoisotopic (exact) mass is 476 g/mol. The van der Waals surface area contributed by atoms with Crippen molar-refractivity contribution < 1.29 is 22.7 Å². The molecule has 162 valence electrons. The molecule has 0 atom stereocenters. The number of hydrogen-bond donors (Lipinski definition) is 1. The van der Waals surface area contributed by atoms with E-state index in [1.54, 1.807) is 31.2 Å². The van der Waals surface area contributed by atoms with Crippen LogP contribution < -0.4 is 9.62 Å². The van der Waals surface area contributed by atoms with Crippen molar-refractivity contribution >= 4 is 55.3 Å². The molecule has 1 amide bonds. The van der Waals surface area contributed by atoms with E-state index in [1.165, 1.54) is 27.0 Å². The van der Waals surface area contributed by atoms with Crippen molar-refractivity contribution in [3.63, 3.8) is 0 Å². The average molecular weight is 477 g/mol. The van der Waals surface area contributed by atoms with E-state index in [1.807, 2.05) is 22.9 Å². The van der Waals surface area contributed by atoms with Crippen molar-refractivity contribution in [1.82, 2.24) is 0 Å². The molecule has 1 fully saturated rings. The molecule has 0 unspecified atom stereocenters. The summed E-state index contributed by atoms with van der Waals surface area (Å²) >= 11 is 2.74. The van der Waals surface area contributed by atoms with E-state index >= 15 is 0 Å². The van der Waals surface area contributed by atoms with Crippen LogP contribution in [0.2, 0.25) is 0 Å². The number of carbonyl (C=O) groups is 2. The molecule has 0 spiro atoms. The van der Waals surface area contributed by atoms with Gasteiger partial charge in [0.15, 0.2) is 0 Å². The van der Waals surface area contributed by atoms with Crippen molar-refractivity contribution in [3.8, 4) is 10.4 Å². The first-order chi connectivity index (χ1) is 14.9. The van der Waals surface area contributed by atoms with Gasteiger partial charge < -0.3 is 10.1 Å². The number of ether oxygens (including phenoxy) is 1. The number of sulfonamides is 1. The van der Waals surface area contributed by atoms with E-state index < -0.39 is 21.9 Å². The van der Waals surface area contributed by atoms with Crippen LogP contribution in [0.25, 0.3) is 10.4 Å². The quantitative estimate of drug-likeness (QED) is 0.531. The minimum Gasteiger partial charge on any atom is -0.462 e. The summed E-state index contributed by atoms with van der Waals surface area (Å²) in [6.45, 7) is 2.35. The first-order valence-corrected chi connectivity index (χ1v) is 13.0. The van der Waals surface area contributed by atoms with Gasteiger partial charge in [0, 0.05) is 27.9 Å². The molecule has 0 radical (unpaired) electrons. The highest BCUT2D eigenvalue weighted by molar-refractivity contribution is 7.93. The molecule has 3 heterocycles. The van der Waals surface area contributed by atoms with Crippen LogP contribution in [0.4, 0.5) is 10.7 Å². The molecule has 0 aliphatic carbocycles. The van der Waals surface area contributed by atoms with Gasteiger partial charge in [0.1, 0.15) is 10.6 Å². The number of thiophene rings is 2. The number of anilines is 2. The third-order valence-electron chi connectivity index (χ3n) is 4.78. The van der Waals surface area contributed by atoms with Crippen LogP contribution >= 0.6 is 22.7 Å². The SMILES string of the molecule is CCOC(=O)c1c(-c2cccs2)csc1NC(=O)c1cccc(N2CCCS2(=O)=O)c1. The van der Waals surface area contributed by atoms with E-state index in [-0.39, 0.29) is 12.4 Å². The van der Waals surface area contributed by atoms with E-state index in [2.05, 4.69) is 5.32 Å². The van der Waals surface area contributed by atoms with Gasteiger partial charge in [-0.2, -0.15) is 0 Å². The number of benzene rings is 1. The first kappa shape index (κ1) is 21.5. The van der Waals surface area contributed by atoms with Gasteiger partial charge in [-0.05, 0) is 43.0 Å². The van der Waals surface area contributed by atoms with Crippen LogP contribution in [0, 0.1) is 0 Å². The highest BCUT2D eigenvalue weighted by atomic mass is 32.2. The summed E-state index contributed by atoms with van der Waals surface area (Å²) in [6.07, 6.45) is 0.558. The van der Waals surface area contributed by atoms with Gasteiger partial charge in [-0.25, -0.2) is 13.2 Å². The Morgan fingerprint density at radius 1 is 1.19 bits per heavy atom. The van der Waals surface area contributed by atoms with E-state index in [0.717, 1.165) is 4.88 Å². The third-order valence-corrected chi connectivity index (χ3v) is 8.45. The summed E-state index contributed by atoms with van der Waals surface area (Å²) in [5.74, 6) is -0.824. The minimum absolute atomic E-state index is 0.104. The lowest BCUT2D eigenvalue weighted by molar-refractivity contribution is 0.0529. The van der Waals surface area contributed by atoms with E-state index in [0.29, 0.717) is 40.3 Å². The van der Waals surface area contributed by atoms with Gasteiger partial charge in [-0.15, -0.1) is 22.7 Å². The van der Waals surface area contributed by atoms with Crippen molar-refractivity contribution in [3.05, 3.63) is 58.3 Å². The molecular formula is C21H20N2O5S3.